The molecule has 0 saturated carbocycles. The first-order valence-electron chi connectivity index (χ1n) is 10.9. The summed E-state index contributed by atoms with van der Waals surface area (Å²) in [7, 11) is -3.54. The monoisotopic (exact) mass is 471 g/mol. The molecule has 2 aromatic carbocycles. The van der Waals surface area contributed by atoms with Crippen molar-refractivity contribution in [1.82, 2.24) is 9.29 Å². The van der Waals surface area contributed by atoms with E-state index >= 15 is 0 Å². The second-order valence-corrected chi connectivity index (χ2v) is 11.4. The minimum absolute atomic E-state index is 0.00979. The van der Waals surface area contributed by atoms with Crippen molar-refractivity contribution in [2.75, 3.05) is 24.5 Å². The smallest absolute Gasteiger partial charge is 0.257 e. The number of oxazole rings is 1. The van der Waals surface area contributed by atoms with Crippen LogP contribution in [0.3, 0.4) is 0 Å². The second kappa shape index (κ2) is 8.53. The molecule has 0 radical (unpaired) electrons. The van der Waals surface area contributed by atoms with Gasteiger partial charge in [0.2, 0.25) is 15.9 Å². The van der Waals surface area contributed by atoms with Gasteiger partial charge < -0.3 is 9.32 Å². The molecule has 2 aliphatic rings. The van der Waals surface area contributed by atoms with Gasteiger partial charge in [-0.1, -0.05) is 36.4 Å². The molecule has 1 amide bonds. The summed E-state index contributed by atoms with van der Waals surface area (Å²) in [4.78, 5) is 19.6. The Morgan fingerprint density at radius 2 is 1.88 bits per heavy atom. The lowest BCUT2D eigenvalue weighted by molar-refractivity contribution is -0.117. The van der Waals surface area contributed by atoms with Gasteiger partial charge in [0.05, 0.1) is 10.1 Å². The molecule has 3 aromatic rings. The van der Waals surface area contributed by atoms with E-state index in [1.54, 1.807) is 22.5 Å². The van der Waals surface area contributed by atoms with Crippen molar-refractivity contribution in [3.8, 4) is 0 Å². The molecule has 1 aromatic heterocycles. The first kappa shape index (κ1) is 21.5. The Kier molecular flexibility index (Phi) is 5.73. The van der Waals surface area contributed by atoms with Crippen LogP contribution in [0.15, 0.2) is 57.0 Å². The third kappa shape index (κ3) is 3.93. The van der Waals surface area contributed by atoms with Crippen molar-refractivity contribution >= 4 is 44.5 Å². The lowest BCUT2D eigenvalue weighted by Crippen LogP contribution is -2.35. The first-order chi connectivity index (χ1) is 15.4. The third-order valence-corrected chi connectivity index (χ3v) is 8.90. The molecule has 0 N–H and O–H groups in total. The Balaban J connectivity index is 1.34. The highest BCUT2D eigenvalue weighted by Gasteiger charge is 2.30. The Morgan fingerprint density at radius 3 is 2.69 bits per heavy atom. The van der Waals surface area contributed by atoms with E-state index in [0.717, 1.165) is 31.4 Å². The Bertz CT molecular complexity index is 1270. The highest BCUT2D eigenvalue weighted by atomic mass is 32.2. The summed E-state index contributed by atoms with van der Waals surface area (Å²) in [6.45, 7) is 3.63. The fraction of sp³-hybridized carbons (Fsp3) is 0.391. The average Bonchev–Trinajstić information content (AvgIpc) is 3.42. The number of piperidine rings is 1. The number of amides is 1. The van der Waals surface area contributed by atoms with Gasteiger partial charge in [-0.25, -0.2) is 13.4 Å². The lowest BCUT2D eigenvalue weighted by atomic mass is 10.2. The van der Waals surface area contributed by atoms with Crippen LogP contribution >= 0.6 is 11.8 Å². The minimum Gasteiger partial charge on any atom is -0.431 e. The maximum absolute atomic E-state index is 13.0. The van der Waals surface area contributed by atoms with Gasteiger partial charge >= 0.3 is 0 Å². The number of aromatic nitrogens is 1. The summed E-state index contributed by atoms with van der Waals surface area (Å²) >= 11 is 1.25. The van der Waals surface area contributed by atoms with Crippen molar-refractivity contribution < 1.29 is 17.6 Å². The van der Waals surface area contributed by atoms with Gasteiger partial charge in [-0.05, 0) is 56.0 Å². The van der Waals surface area contributed by atoms with Crippen molar-refractivity contribution in [2.45, 2.75) is 48.0 Å². The number of hydrogen-bond acceptors (Lipinski definition) is 6. The molecule has 3 heterocycles. The number of carbonyl (C=O) groups excluding carboxylic acids is 1. The number of para-hydroxylation sites is 1. The predicted molar refractivity (Wildman–Crippen MR) is 124 cm³/mol. The molecule has 32 heavy (non-hydrogen) atoms. The van der Waals surface area contributed by atoms with Crippen LogP contribution in [-0.2, 0) is 21.2 Å². The van der Waals surface area contributed by atoms with Crippen LogP contribution < -0.4 is 4.90 Å². The number of anilines is 1. The van der Waals surface area contributed by atoms with E-state index in [2.05, 4.69) is 11.1 Å². The molecule has 0 aliphatic carbocycles. The zero-order valence-electron chi connectivity index (χ0n) is 17.9. The zero-order chi connectivity index (χ0) is 22.3. The van der Waals surface area contributed by atoms with E-state index in [9.17, 15) is 13.2 Å². The summed E-state index contributed by atoms with van der Waals surface area (Å²) in [5, 5.41) is -0.0216. The molecule has 9 heteroatoms. The van der Waals surface area contributed by atoms with E-state index in [4.69, 9.17) is 4.42 Å². The second-order valence-electron chi connectivity index (χ2n) is 8.20. The van der Waals surface area contributed by atoms with Crippen molar-refractivity contribution in [3.63, 3.8) is 0 Å². The topological polar surface area (TPSA) is 83.7 Å². The van der Waals surface area contributed by atoms with E-state index in [1.807, 2.05) is 30.0 Å². The number of thioether (sulfide) groups is 1. The number of fused-ring (bicyclic) bond motifs is 2. The summed E-state index contributed by atoms with van der Waals surface area (Å²) in [6.07, 6.45) is 3.70. The first-order valence-corrected chi connectivity index (χ1v) is 13.2. The van der Waals surface area contributed by atoms with Crippen LogP contribution in [0.4, 0.5) is 5.69 Å². The van der Waals surface area contributed by atoms with Gasteiger partial charge in [0.15, 0.2) is 5.58 Å². The van der Waals surface area contributed by atoms with Gasteiger partial charge in [-0.15, -0.1) is 0 Å². The molecule has 7 nitrogen and oxygen atoms in total. The van der Waals surface area contributed by atoms with Crippen LogP contribution in [0, 0.1) is 0 Å². The maximum atomic E-state index is 13.0. The third-order valence-electron chi connectivity index (χ3n) is 6.07. The zero-order valence-corrected chi connectivity index (χ0v) is 19.5. The summed E-state index contributed by atoms with van der Waals surface area (Å²) in [6, 6.07) is 12.7. The maximum Gasteiger partial charge on any atom is 0.257 e. The normalized spacial score (nSPS) is 18.1. The van der Waals surface area contributed by atoms with E-state index in [1.165, 1.54) is 17.3 Å². The summed E-state index contributed by atoms with van der Waals surface area (Å²) in [5.41, 5.74) is 3.14. The Hall–Kier alpha value is -2.36. The molecule has 0 bridgehead atoms. The van der Waals surface area contributed by atoms with Gasteiger partial charge in [0.1, 0.15) is 5.52 Å². The average molecular weight is 472 g/mol. The number of hydrogen-bond donors (Lipinski definition) is 0. The highest BCUT2D eigenvalue weighted by molar-refractivity contribution is 8.00. The number of carbonyl (C=O) groups is 1. The molecule has 168 valence electrons. The highest BCUT2D eigenvalue weighted by Crippen LogP contribution is 2.33. The number of rotatable bonds is 5. The molecule has 5 rings (SSSR count). The minimum atomic E-state index is -3.54. The fourth-order valence-electron chi connectivity index (χ4n) is 4.34. The van der Waals surface area contributed by atoms with Gasteiger partial charge in [-0.3, -0.25) is 4.79 Å². The van der Waals surface area contributed by atoms with E-state index in [0.29, 0.717) is 36.0 Å². The van der Waals surface area contributed by atoms with Gasteiger partial charge in [-0.2, -0.15) is 4.31 Å². The van der Waals surface area contributed by atoms with Crippen molar-refractivity contribution in [3.05, 3.63) is 48.0 Å². The van der Waals surface area contributed by atoms with E-state index in [-0.39, 0.29) is 16.1 Å². The molecular formula is C23H25N3O4S2. The predicted octanol–water partition coefficient (Wildman–Crippen LogP) is 4.07. The summed E-state index contributed by atoms with van der Waals surface area (Å²) in [5.74, 6) is 0.00979. The van der Waals surface area contributed by atoms with Crippen LogP contribution in [0.2, 0.25) is 0 Å². The number of sulfonamides is 1. The lowest BCUT2D eigenvalue weighted by Gasteiger charge is -2.25. The Morgan fingerprint density at radius 1 is 1.09 bits per heavy atom. The summed E-state index contributed by atoms with van der Waals surface area (Å²) < 4.78 is 33.3. The molecule has 0 spiro atoms. The quantitative estimate of drug-likeness (QED) is 0.522. The number of nitrogens with zero attached hydrogens (tertiary/aromatic N) is 3. The van der Waals surface area contributed by atoms with Crippen LogP contribution in [0.5, 0.6) is 0 Å². The molecular weight excluding hydrogens is 446 g/mol. The van der Waals surface area contributed by atoms with Crippen LogP contribution in [0.25, 0.3) is 11.1 Å². The van der Waals surface area contributed by atoms with Crippen LogP contribution in [-0.4, -0.2) is 48.5 Å². The van der Waals surface area contributed by atoms with Gasteiger partial charge in [0, 0.05) is 25.3 Å². The molecule has 1 saturated heterocycles. The van der Waals surface area contributed by atoms with E-state index < -0.39 is 10.0 Å². The fourth-order valence-corrected chi connectivity index (χ4v) is 6.70. The SMILES string of the molecule is C[C@@H](Sc1nc2cc(S(=O)(=O)N3CCCCC3)ccc2o1)C(=O)N1CCc2ccccc21. The number of benzene rings is 2. The van der Waals surface area contributed by atoms with Crippen LogP contribution in [0.1, 0.15) is 31.7 Å². The molecule has 1 atom stereocenters. The molecule has 2 aliphatic heterocycles. The molecule has 1 fully saturated rings. The molecule has 0 unspecified atom stereocenters. The van der Waals surface area contributed by atoms with Gasteiger partial charge in [0.25, 0.3) is 5.22 Å². The standard InChI is InChI=1S/C23H25N3O4S2/c1-16(22(27)26-14-11-17-7-3-4-8-20(17)26)31-23-24-19-15-18(9-10-21(19)30-23)32(28,29)25-12-5-2-6-13-25/h3-4,7-10,15-16H,2,5-6,11-14H2,1H3/t16-/m1/s1. The van der Waals surface area contributed by atoms with Crippen molar-refractivity contribution in [1.29, 1.82) is 0 Å². The largest absolute Gasteiger partial charge is 0.431 e. The van der Waals surface area contributed by atoms with Crippen molar-refractivity contribution in [2.24, 2.45) is 0 Å². The Labute approximate surface area is 191 Å².